The molecule has 0 fully saturated rings. The largest absolute Gasteiger partial charge is 0.332 e. The van der Waals surface area contributed by atoms with E-state index in [2.05, 4.69) is 6.07 Å². The van der Waals surface area contributed by atoms with Gasteiger partial charge in [-0.1, -0.05) is 29.5 Å². The average Bonchev–Trinajstić information content (AvgIpc) is 2.83. The second-order valence-corrected chi connectivity index (χ2v) is 5.57. The van der Waals surface area contributed by atoms with Gasteiger partial charge in [-0.25, -0.2) is 4.57 Å². The van der Waals surface area contributed by atoms with E-state index in [0.717, 1.165) is 25.1 Å². The number of nitrogen functional groups attached to an aromatic ring is 1. The summed E-state index contributed by atoms with van der Waals surface area (Å²) in [6.07, 6.45) is 3.92. The van der Waals surface area contributed by atoms with Gasteiger partial charge in [0.2, 0.25) is 0 Å². The third-order valence-electron chi connectivity index (χ3n) is 3.43. The summed E-state index contributed by atoms with van der Waals surface area (Å²) in [5.41, 5.74) is 8.13. The van der Waals surface area contributed by atoms with Crippen LogP contribution >= 0.6 is 11.3 Å². The summed E-state index contributed by atoms with van der Waals surface area (Å²) in [6, 6.07) is 8.13. The van der Waals surface area contributed by atoms with E-state index in [0.29, 0.717) is 11.7 Å². The number of para-hydroxylation sites is 1. The quantitative estimate of drug-likeness (QED) is 0.846. The van der Waals surface area contributed by atoms with Crippen LogP contribution < -0.4 is 15.2 Å². The fraction of sp³-hybridized carbons (Fsp3) is 0.286. The van der Waals surface area contributed by atoms with Crippen LogP contribution in [0.3, 0.4) is 0 Å². The Balaban J connectivity index is 1.84. The highest BCUT2D eigenvalue weighted by molar-refractivity contribution is 7.12. The van der Waals surface area contributed by atoms with E-state index in [1.807, 2.05) is 34.7 Å². The molecule has 3 rings (SSSR count). The maximum absolute atomic E-state index is 12.4. The number of hydrogen-bond donors (Lipinski definition) is 1. The van der Waals surface area contributed by atoms with Crippen molar-refractivity contribution in [3.05, 3.63) is 41.4 Å². The topological polar surface area (TPSA) is 50.2 Å². The Hall–Kier alpha value is -1.88. The van der Waals surface area contributed by atoms with Crippen LogP contribution in [0.25, 0.3) is 0 Å². The second-order valence-electron chi connectivity index (χ2n) is 4.65. The molecule has 1 aliphatic rings. The highest BCUT2D eigenvalue weighted by atomic mass is 32.1. The molecule has 5 heteroatoms. The van der Waals surface area contributed by atoms with Crippen LogP contribution in [0.4, 0.5) is 10.8 Å². The van der Waals surface area contributed by atoms with E-state index >= 15 is 0 Å². The van der Waals surface area contributed by atoms with Gasteiger partial charge in [0.05, 0.1) is 0 Å². The van der Waals surface area contributed by atoms with Crippen molar-refractivity contribution in [1.29, 1.82) is 0 Å². The number of rotatable bonds is 2. The molecule has 2 N–H and O–H groups in total. The smallest absolute Gasteiger partial charge is 0.309 e. The maximum Gasteiger partial charge on any atom is 0.332 e. The Morgan fingerprint density at radius 2 is 2.26 bits per heavy atom. The first-order valence-corrected chi connectivity index (χ1v) is 7.24. The van der Waals surface area contributed by atoms with Crippen molar-refractivity contribution in [2.75, 3.05) is 17.2 Å². The summed E-state index contributed by atoms with van der Waals surface area (Å²) in [7, 11) is 0. The number of nitrogens with zero attached hydrogens (tertiary/aromatic N) is 2. The molecule has 2 aromatic rings. The lowest BCUT2D eigenvalue weighted by atomic mass is 10.0. The summed E-state index contributed by atoms with van der Waals surface area (Å²) in [6.45, 7) is 1.10. The van der Waals surface area contributed by atoms with Gasteiger partial charge >= 0.3 is 5.13 Å². The predicted molar refractivity (Wildman–Crippen MR) is 76.0 cm³/mol. The molecule has 4 nitrogen and oxygen atoms in total. The third kappa shape index (κ3) is 2.33. The first-order valence-electron chi connectivity index (χ1n) is 6.36. The minimum Gasteiger partial charge on any atom is -0.309 e. The van der Waals surface area contributed by atoms with Crippen LogP contribution in [0, 0.1) is 0 Å². The Morgan fingerprint density at radius 3 is 3.05 bits per heavy atom. The Morgan fingerprint density at radius 1 is 1.42 bits per heavy atom. The van der Waals surface area contributed by atoms with Crippen molar-refractivity contribution >= 4 is 28.1 Å². The normalized spacial score (nSPS) is 14.2. The number of anilines is 2. The molecule has 98 valence electrons. The number of nitrogens with two attached hydrogens (primary N) is 1. The van der Waals surface area contributed by atoms with Gasteiger partial charge < -0.3 is 4.90 Å². The monoisotopic (exact) mass is 274 g/mol. The molecule has 0 spiro atoms. The van der Waals surface area contributed by atoms with E-state index < -0.39 is 0 Å². The Kier molecular flexibility index (Phi) is 3.21. The highest BCUT2D eigenvalue weighted by Gasteiger charge is 2.24. The Labute approximate surface area is 116 Å². The number of aryl methyl sites for hydroxylation is 1. The van der Waals surface area contributed by atoms with E-state index in [1.165, 1.54) is 16.9 Å². The lowest BCUT2D eigenvalue weighted by Crippen LogP contribution is -2.46. The molecule has 0 aliphatic carbocycles. The van der Waals surface area contributed by atoms with Gasteiger partial charge in [-0.05, 0) is 24.5 Å². The summed E-state index contributed by atoms with van der Waals surface area (Å²) >= 11 is 1.45. The van der Waals surface area contributed by atoms with Crippen molar-refractivity contribution in [3.63, 3.8) is 0 Å². The van der Waals surface area contributed by atoms with Crippen LogP contribution in [0.2, 0.25) is 0 Å². The van der Waals surface area contributed by atoms with E-state index in [1.54, 1.807) is 4.57 Å². The molecule has 2 heterocycles. The molecule has 0 saturated heterocycles. The number of carbonyl (C=O) groups excluding carboxylic acids is 1. The predicted octanol–water partition coefficient (Wildman–Crippen LogP) is 1.60. The lowest BCUT2D eigenvalue weighted by Gasteiger charge is -2.28. The van der Waals surface area contributed by atoms with Crippen LogP contribution in [0.15, 0.2) is 35.8 Å². The number of thiazole rings is 1. The zero-order valence-electron chi connectivity index (χ0n) is 10.6. The maximum atomic E-state index is 12.4. The lowest BCUT2D eigenvalue weighted by molar-refractivity contribution is -0.665. The number of benzene rings is 1. The second kappa shape index (κ2) is 5.01. The fourth-order valence-corrected chi connectivity index (χ4v) is 3.08. The minimum absolute atomic E-state index is 0.0993. The summed E-state index contributed by atoms with van der Waals surface area (Å²) < 4.78 is 1.80. The standard InChI is InChI=1S/C14H15N3OS/c15-14-16(8-9-19-14)10-13(18)17-7-3-5-11-4-1-2-6-12(11)17/h1-2,4,6,8-9,15H,3,5,7,10H2/p+1. The molecule has 0 unspecified atom stereocenters. The average molecular weight is 274 g/mol. The third-order valence-corrected chi connectivity index (χ3v) is 4.16. The number of aromatic nitrogens is 1. The molecular weight excluding hydrogens is 258 g/mol. The van der Waals surface area contributed by atoms with E-state index in [9.17, 15) is 4.79 Å². The summed E-state index contributed by atoms with van der Waals surface area (Å²) in [5.74, 6) is 0.0993. The van der Waals surface area contributed by atoms with Gasteiger partial charge in [0.15, 0.2) is 6.54 Å². The Bertz CT molecular complexity index is 608. The SMILES string of the molecule is Nc1scc[n+]1CC(=O)N1CCCc2ccccc21. The van der Waals surface area contributed by atoms with E-state index in [-0.39, 0.29) is 5.91 Å². The first kappa shape index (κ1) is 12.2. The molecule has 1 aromatic carbocycles. The molecule has 19 heavy (non-hydrogen) atoms. The van der Waals surface area contributed by atoms with Gasteiger partial charge in [-0.3, -0.25) is 10.5 Å². The van der Waals surface area contributed by atoms with Gasteiger partial charge in [-0.2, -0.15) is 0 Å². The van der Waals surface area contributed by atoms with E-state index in [4.69, 9.17) is 5.73 Å². The molecule has 1 aliphatic heterocycles. The van der Waals surface area contributed by atoms with Crippen molar-refractivity contribution < 1.29 is 9.36 Å². The summed E-state index contributed by atoms with van der Waals surface area (Å²) in [5, 5.41) is 2.56. The zero-order valence-corrected chi connectivity index (χ0v) is 11.4. The van der Waals surface area contributed by atoms with Crippen molar-refractivity contribution in [2.45, 2.75) is 19.4 Å². The zero-order chi connectivity index (χ0) is 13.2. The molecule has 0 atom stereocenters. The van der Waals surface area contributed by atoms with Crippen LogP contribution in [-0.2, 0) is 17.8 Å². The number of hydrogen-bond acceptors (Lipinski definition) is 3. The van der Waals surface area contributed by atoms with Gasteiger partial charge in [-0.15, -0.1) is 0 Å². The molecule has 1 aromatic heterocycles. The number of fused-ring (bicyclic) bond motifs is 1. The van der Waals surface area contributed by atoms with Crippen LogP contribution in [0.1, 0.15) is 12.0 Å². The fourth-order valence-electron chi connectivity index (χ4n) is 2.47. The van der Waals surface area contributed by atoms with Gasteiger partial charge in [0.1, 0.15) is 6.20 Å². The highest BCUT2D eigenvalue weighted by Crippen LogP contribution is 2.26. The molecule has 1 amide bonds. The van der Waals surface area contributed by atoms with Crippen molar-refractivity contribution in [2.24, 2.45) is 0 Å². The van der Waals surface area contributed by atoms with Crippen molar-refractivity contribution in [1.82, 2.24) is 0 Å². The first-order chi connectivity index (χ1) is 9.25. The van der Waals surface area contributed by atoms with Crippen molar-refractivity contribution in [3.8, 4) is 0 Å². The van der Waals surface area contributed by atoms with Crippen LogP contribution in [-0.4, -0.2) is 12.5 Å². The number of amides is 1. The molecular formula is C14H16N3OS+. The molecule has 0 bridgehead atoms. The summed E-state index contributed by atoms with van der Waals surface area (Å²) in [4.78, 5) is 14.3. The molecule has 0 saturated carbocycles. The minimum atomic E-state index is 0.0993. The number of carbonyl (C=O) groups is 1. The van der Waals surface area contributed by atoms with Gasteiger partial charge in [0, 0.05) is 17.6 Å². The van der Waals surface area contributed by atoms with Crippen LogP contribution in [0.5, 0.6) is 0 Å². The molecule has 0 radical (unpaired) electrons. The van der Waals surface area contributed by atoms with Gasteiger partial charge in [0.25, 0.3) is 5.91 Å².